The molecule has 0 aliphatic rings. The zero-order chi connectivity index (χ0) is 15.7. The Morgan fingerprint density at radius 3 is 1.95 bits per heavy atom. The molecule has 1 aromatic rings. The molecule has 0 bridgehead atoms. The van der Waals surface area contributed by atoms with E-state index in [4.69, 9.17) is 0 Å². The Labute approximate surface area is 125 Å². The summed E-state index contributed by atoms with van der Waals surface area (Å²) in [5.41, 5.74) is -0.156. The van der Waals surface area contributed by atoms with Gasteiger partial charge in [-0.25, -0.2) is 13.2 Å². The third-order valence-electron chi connectivity index (χ3n) is 3.73. The number of rotatable bonds is 10. The van der Waals surface area contributed by atoms with Gasteiger partial charge in [-0.3, -0.25) is 0 Å². The van der Waals surface area contributed by atoms with Gasteiger partial charge in [-0.15, -0.1) is 0 Å². The second kappa shape index (κ2) is 9.82. The van der Waals surface area contributed by atoms with Crippen LogP contribution in [0.2, 0.25) is 0 Å². The normalized spacial score (nSPS) is 12.6. The topological polar surface area (TPSA) is 20.2 Å². The molecule has 0 saturated carbocycles. The number of benzene rings is 1. The van der Waals surface area contributed by atoms with Crippen LogP contribution >= 0.6 is 0 Å². The molecule has 1 atom stereocenters. The molecule has 0 fully saturated rings. The van der Waals surface area contributed by atoms with E-state index in [-0.39, 0.29) is 5.56 Å². The van der Waals surface area contributed by atoms with Crippen molar-refractivity contribution in [2.75, 3.05) is 0 Å². The molecular weight excluding hydrogens is 277 g/mol. The van der Waals surface area contributed by atoms with E-state index in [0.29, 0.717) is 12.5 Å². The van der Waals surface area contributed by atoms with Crippen LogP contribution in [0, 0.1) is 17.5 Å². The summed E-state index contributed by atoms with van der Waals surface area (Å²) in [6.45, 7) is 2.18. The van der Waals surface area contributed by atoms with Crippen molar-refractivity contribution in [3.63, 3.8) is 0 Å². The molecule has 1 rings (SSSR count). The van der Waals surface area contributed by atoms with Gasteiger partial charge in [0.15, 0.2) is 11.6 Å². The second-order valence-corrected chi connectivity index (χ2v) is 5.57. The first kappa shape index (κ1) is 18.0. The summed E-state index contributed by atoms with van der Waals surface area (Å²) in [7, 11) is 0. The van der Waals surface area contributed by atoms with Crippen LogP contribution in [0.25, 0.3) is 0 Å². The van der Waals surface area contributed by atoms with E-state index >= 15 is 0 Å². The highest BCUT2D eigenvalue weighted by Gasteiger charge is 2.16. The highest BCUT2D eigenvalue weighted by molar-refractivity contribution is 5.22. The van der Waals surface area contributed by atoms with Crippen molar-refractivity contribution >= 4 is 0 Å². The third kappa shape index (κ3) is 6.51. The first-order chi connectivity index (χ1) is 10.1. The minimum absolute atomic E-state index is 0.156. The largest absolute Gasteiger partial charge is 0.388 e. The van der Waals surface area contributed by atoms with Crippen LogP contribution in [0.5, 0.6) is 0 Å². The number of hydrogen-bond donors (Lipinski definition) is 1. The highest BCUT2D eigenvalue weighted by Crippen LogP contribution is 2.25. The van der Waals surface area contributed by atoms with Gasteiger partial charge in [-0.2, -0.15) is 0 Å². The predicted octanol–water partition coefficient (Wildman–Crippen LogP) is 5.67. The van der Waals surface area contributed by atoms with Crippen molar-refractivity contribution in [2.45, 2.75) is 70.8 Å². The van der Waals surface area contributed by atoms with Gasteiger partial charge >= 0.3 is 0 Å². The maximum atomic E-state index is 13.5. The van der Waals surface area contributed by atoms with E-state index in [9.17, 15) is 18.3 Å². The maximum absolute atomic E-state index is 13.5. The van der Waals surface area contributed by atoms with Gasteiger partial charge in [0.2, 0.25) is 0 Å². The van der Waals surface area contributed by atoms with E-state index in [1.165, 1.54) is 32.1 Å². The Morgan fingerprint density at radius 1 is 0.810 bits per heavy atom. The predicted molar refractivity (Wildman–Crippen MR) is 78.5 cm³/mol. The fourth-order valence-corrected chi connectivity index (χ4v) is 2.42. The lowest BCUT2D eigenvalue weighted by molar-refractivity contribution is 0.158. The molecule has 0 aliphatic carbocycles. The van der Waals surface area contributed by atoms with Gasteiger partial charge in [-0.1, -0.05) is 58.3 Å². The summed E-state index contributed by atoms with van der Waals surface area (Å²) >= 11 is 0. The quantitative estimate of drug-likeness (QED) is 0.436. The monoisotopic (exact) mass is 302 g/mol. The molecule has 0 saturated heterocycles. The van der Waals surface area contributed by atoms with Crippen LogP contribution in [-0.4, -0.2) is 5.11 Å². The molecule has 0 amide bonds. The van der Waals surface area contributed by atoms with Crippen molar-refractivity contribution in [1.29, 1.82) is 0 Å². The number of halogens is 3. The van der Waals surface area contributed by atoms with Crippen molar-refractivity contribution < 1.29 is 18.3 Å². The summed E-state index contributed by atoms with van der Waals surface area (Å²) in [6, 6.07) is 1.24. The fraction of sp³-hybridized carbons (Fsp3) is 0.647. The van der Waals surface area contributed by atoms with Crippen LogP contribution in [-0.2, 0) is 0 Å². The lowest BCUT2D eigenvalue weighted by atomic mass is 10.0. The SMILES string of the molecule is CCCCCCCCCCC(O)c1cc(F)c(F)cc1F. The number of unbranched alkanes of at least 4 members (excludes halogenated alkanes) is 7. The van der Waals surface area contributed by atoms with Gasteiger partial charge in [-0.05, 0) is 12.5 Å². The van der Waals surface area contributed by atoms with Crippen molar-refractivity contribution in [3.8, 4) is 0 Å². The summed E-state index contributed by atoms with van der Waals surface area (Å²) < 4.78 is 39.3. The summed E-state index contributed by atoms with van der Waals surface area (Å²) in [4.78, 5) is 0. The van der Waals surface area contributed by atoms with E-state index in [1.54, 1.807) is 0 Å². The molecule has 0 radical (unpaired) electrons. The third-order valence-corrected chi connectivity index (χ3v) is 3.73. The number of aliphatic hydroxyl groups is 1. The first-order valence-corrected chi connectivity index (χ1v) is 7.88. The van der Waals surface area contributed by atoms with Crippen LogP contribution in [0.3, 0.4) is 0 Å². The highest BCUT2D eigenvalue weighted by atomic mass is 19.2. The summed E-state index contributed by atoms with van der Waals surface area (Å²) in [5, 5.41) is 9.86. The minimum Gasteiger partial charge on any atom is -0.388 e. The molecule has 0 aliphatic heterocycles. The van der Waals surface area contributed by atoms with Gasteiger partial charge in [0.1, 0.15) is 5.82 Å². The molecule has 1 aromatic carbocycles. The Bertz CT molecular complexity index is 421. The van der Waals surface area contributed by atoms with Gasteiger partial charge in [0.25, 0.3) is 0 Å². The number of hydrogen-bond acceptors (Lipinski definition) is 1. The first-order valence-electron chi connectivity index (χ1n) is 7.88. The Balaban J connectivity index is 2.25. The van der Waals surface area contributed by atoms with Crippen LogP contribution in [0.15, 0.2) is 12.1 Å². The molecule has 4 heteroatoms. The second-order valence-electron chi connectivity index (χ2n) is 5.57. The molecule has 1 unspecified atom stereocenters. The molecular formula is C17H25F3O. The summed E-state index contributed by atoms with van der Waals surface area (Å²) in [5.74, 6) is -3.24. The Kier molecular flexibility index (Phi) is 8.43. The Hall–Kier alpha value is -1.03. The molecule has 120 valence electrons. The lowest BCUT2D eigenvalue weighted by Gasteiger charge is -2.12. The van der Waals surface area contributed by atoms with Crippen molar-refractivity contribution in [2.24, 2.45) is 0 Å². The van der Waals surface area contributed by atoms with Crippen LogP contribution < -0.4 is 0 Å². The zero-order valence-corrected chi connectivity index (χ0v) is 12.7. The smallest absolute Gasteiger partial charge is 0.161 e. The van der Waals surface area contributed by atoms with E-state index in [0.717, 1.165) is 25.3 Å². The van der Waals surface area contributed by atoms with Crippen molar-refractivity contribution in [1.82, 2.24) is 0 Å². The van der Waals surface area contributed by atoms with Crippen LogP contribution in [0.1, 0.15) is 76.4 Å². The van der Waals surface area contributed by atoms with Crippen molar-refractivity contribution in [3.05, 3.63) is 35.1 Å². The molecule has 0 aromatic heterocycles. The van der Waals surface area contributed by atoms with Gasteiger partial charge in [0, 0.05) is 11.6 Å². The Morgan fingerprint density at radius 2 is 1.33 bits per heavy atom. The van der Waals surface area contributed by atoms with Gasteiger partial charge in [0.05, 0.1) is 6.10 Å². The minimum atomic E-state index is -1.23. The molecule has 1 N–H and O–H groups in total. The van der Waals surface area contributed by atoms with E-state index in [1.807, 2.05) is 0 Å². The number of aliphatic hydroxyl groups excluding tert-OH is 1. The average Bonchev–Trinajstić information content (AvgIpc) is 2.45. The summed E-state index contributed by atoms with van der Waals surface area (Å²) in [6.07, 6.45) is 8.29. The average molecular weight is 302 g/mol. The standard InChI is InChI=1S/C17H25F3O/c1-2-3-4-5-6-7-8-9-10-17(21)13-11-15(19)16(20)12-14(13)18/h11-12,17,21H,2-10H2,1H3. The van der Waals surface area contributed by atoms with E-state index < -0.39 is 23.6 Å². The lowest BCUT2D eigenvalue weighted by Crippen LogP contribution is -2.03. The molecule has 21 heavy (non-hydrogen) atoms. The molecule has 1 nitrogen and oxygen atoms in total. The van der Waals surface area contributed by atoms with Gasteiger partial charge < -0.3 is 5.11 Å². The zero-order valence-electron chi connectivity index (χ0n) is 12.7. The molecule has 0 spiro atoms. The maximum Gasteiger partial charge on any atom is 0.161 e. The van der Waals surface area contributed by atoms with Crippen LogP contribution in [0.4, 0.5) is 13.2 Å². The van der Waals surface area contributed by atoms with E-state index in [2.05, 4.69) is 6.92 Å². The molecule has 0 heterocycles. The fourth-order valence-electron chi connectivity index (χ4n) is 2.42.